The van der Waals surface area contributed by atoms with Gasteiger partial charge in [-0.2, -0.15) is 0 Å². The highest BCUT2D eigenvalue weighted by Crippen LogP contribution is 2.30. The lowest BCUT2D eigenvalue weighted by Crippen LogP contribution is -2.26. The van der Waals surface area contributed by atoms with Crippen LogP contribution >= 0.6 is 0 Å². The summed E-state index contributed by atoms with van der Waals surface area (Å²) in [6, 6.07) is 1.84. The van der Waals surface area contributed by atoms with Crippen molar-refractivity contribution < 1.29 is 9.52 Å². The van der Waals surface area contributed by atoms with Gasteiger partial charge in [0, 0.05) is 17.9 Å². The molecule has 0 radical (unpaired) electrons. The second kappa shape index (κ2) is 5.33. The van der Waals surface area contributed by atoms with Gasteiger partial charge in [-0.05, 0) is 18.5 Å². The van der Waals surface area contributed by atoms with Crippen LogP contribution in [0.25, 0.3) is 0 Å². The van der Waals surface area contributed by atoms with Gasteiger partial charge in [-0.3, -0.25) is 0 Å². The van der Waals surface area contributed by atoms with Crippen molar-refractivity contribution in [2.24, 2.45) is 17.6 Å². The Morgan fingerprint density at radius 1 is 1.47 bits per heavy atom. The maximum atomic E-state index is 10.2. The zero-order valence-electron chi connectivity index (χ0n) is 9.73. The normalized spacial score (nSPS) is 15.6. The van der Waals surface area contributed by atoms with Crippen molar-refractivity contribution in [3.05, 3.63) is 23.7 Å². The highest BCUT2D eigenvalue weighted by atomic mass is 16.3. The molecule has 1 aromatic rings. The van der Waals surface area contributed by atoms with Crippen LogP contribution in [-0.4, -0.2) is 11.7 Å². The summed E-state index contributed by atoms with van der Waals surface area (Å²) >= 11 is 0. The van der Waals surface area contributed by atoms with Crippen molar-refractivity contribution in [2.75, 3.05) is 6.54 Å². The number of aliphatic hydroxyl groups is 1. The van der Waals surface area contributed by atoms with Crippen LogP contribution in [-0.2, 0) is 6.42 Å². The molecule has 0 spiro atoms. The first-order valence-electron chi connectivity index (χ1n) is 5.56. The molecular formula is C12H21NO2. The number of hydrogen-bond donors (Lipinski definition) is 2. The topological polar surface area (TPSA) is 59.4 Å². The Morgan fingerprint density at radius 3 is 2.60 bits per heavy atom. The molecule has 3 N–H and O–H groups in total. The van der Waals surface area contributed by atoms with E-state index >= 15 is 0 Å². The van der Waals surface area contributed by atoms with Gasteiger partial charge < -0.3 is 15.3 Å². The van der Waals surface area contributed by atoms with Gasteiger partial charge in [0.2, 0.25) is 0 Å². The number of nitrogens with two attached hydrogens (primary N) is 1. The molecule has 0 amide bonds. The maximum absolute atomic E-state index is 10.2. The van der Waals surface area contributed by atoms with Gasteiger partial charge in [0.05, 0.1) is 12.4 Å². The van der Waals surface area contributed by atoms with Crippen LogP contribution in [0.4, 0.5) is 0 Å². The second-order valence-corrected chi connectivity index (χ2v) is 4.24. The van der Waals surface area contributed by atoms with E-state index in [-0.39, 0.29) is 5.92 Å². The van der Waals surface area contributed by atoms with Crippen molar-refractivity contribution in [1.29, 1.82) is 0 Å². The molecular weight excluding hydrogens is 190 g/mol. The fraction of sp³-hybridized carbons (Fsp3) is 0.667. The Bertz CT molecular complexity index is 294. The Kier molecular flexibility index (Phi) is 4.36. The zero-order valence-corrected chi connectivity index (χ0v) is 9.73. The van der Waals surface area contributed by atoms with Gasteiger partial charge >= 0.3 is 0 Å². The van der Waals surface area contributed by atoms with Gasteiger partial charge in [-0.1, -0.05) is 20.8 Å². The first-order chi connectivity index (χ1) is 7.11. The molecule has 2 atom stereocenters. The van der Waals surface area contributed by atoms with E-state index in [0.717, 1.165) is 17.7 Å². The molecule has 0 aliphatic rings. The van der Waals surface area contributed by atoms with E-state index in [1.165, 1.54) is 0 Å². The van der Waals surface area contributed by atoms with Gasteiger partial charge in [0.25, 0.3) is 0 Å². The monoisotopic (exact) mass is 211 g/mol. The minimum absolute atomic E-state index is 0.0906. The fourth-order valence-corrected chi connectivity index (χ4v) is 1.90. The van der Waals surface area contributed by atoms with Crippen molar-refractivity contribution in [3.8, 4) is 0 Å². The molecule has 0 bridgehead atoms. The molecule has 0 saturated heterocycles. The van der Waals surface area contributed by atoms with Crippen molar-refractivity contribution in [3.63, 3.8) is 0 Å². The van der Waals surface area contributed by atoms with E-state index in [1.54, 1.807) is 6.26 Å². The van der Waals surface area contributed by atoms with Gasteiger partial charge in [0.15, 0.2) is 0 Å². The Balaban J connectivity index is 2.87. The summed E-state index contributed by atoms with van der Waals surface area (Å²) in [5.41, 5.74) is 6.57. The van der Waals surface area contributed by atoms with Gasteiger partial charge in [-0.15, -0.1) is 0 Å². The van der Waals surface area contributed by atoms with Crippen LogP contribution in [0.3, 0.4) is 0 Å². The summed E-state index contributed by atoms with van der Waals surface area (Å²) in [5, 5.41) is 10.2. The highest BCUT2D eigenvalue weighted by molar-refractivity contribution is 5.20. The molecule has 0 aliphatic heterocycles. The molecule has 15 heavy (non-hydrogen) atoms. The van der Waals surface area contributed by atoms with Crippen LogP contribution in [0.2, 0.25) is 0 Å². The van der Waals surface area contributed by atoms with Crippen LogP contribution in [0.1, 0.15) is 38.2 Å². The smallest absolute Gasteiger partial charge is 0.109 e. The van der Waals surface area contributed by atoms with E-state index < -0.39 is 6.10 Å². The zero-order chi connectivity index (χ0) is 11.4. The Morgan fingerprint density at radius 2 is 2.13 bits per heavy atom. The molecule has 1 heterocycles. The lowest BCUT2D eigenvalue weighted by Gasteiger charge is -2.24. The predicted molar refractivity (Wildman–Crippen MR) is 60.4 cm³/mol. The Labute approximate surface area is 91.3 Å². The van der Waals surface area contributed by atoms with Crippen LogP contribution in [0, 0.1) is 11.8 Å². The highest BCUT2D eigenvalue weighted by Gasteiger charge is 2.25. The molecule has 0 aromatic carbocycles. The lowest BCUT2D eigenvalue weighted by molar-refractivity contribution is 0.0845. The third kappa shape index (κ3) is 2.61. The number of furan rings is 1. The molecule has 1 rings (SSSR count). The third-order valence-electron chi connectivity index (χ3n) is 2.95. The predicted octanol–water partition coefficient (Wildman–Crippen LogP) is 2.11. The number of hydrogen-bond acceptors (Lipinski definition) is 3. The van der Waals surface area contributed by atoms with Crippen LogP contribution in [0.15, 0.2) is 16.7 Å². The average molecular weight is 211 g/mol. The third-order valence-corrected chi connectivity index (χ3v) is 2.95. The summed E-state index contributed by atoms with van der Waals surface area (Å²) < 4.78 is 5.31. The molecule has 2 unspecified atom stereocenters. The average Bonchev–Trinajstić information content (AvgIpc) is 2.65. The summed E-state index contributed by atoms with van der Waals surface area (Å²) in [6.45, 7) is 6.66. The first-order valence-corrected chi connectivity index (χ1v) is 5.56. The van der Waals surface area contributed by atoms with E-state index in [1.807, 2.05) is 13.0 Å². The maximum Gasteiger partial charge on any atom is 0.109 e. The first kappa shape index (κ1) is 12.3. The molecule has 0 fully saturated rings. The molecule has 1 aromatic heterocycles. The quantitative estimate of drug-likeness (QED) is 0.784. The molecule has 3 nitrogen and oxygen atoms in total. The number of aliphatic hydroxyl groups excluding tert-OH is 1. The summed E-state index contributed by atoms with van der Waals surface area (Å²) in [5.74, 6) is 1.32. The van der Waals surface area contributed by atoms with E-state index in [2.05, 4.69) is 13.8 Å². The molecule has 86 valence electrons. The van der Waals surface area contributed by atoms with Crippen molar-refractivity contribution >= 4 is 0 Å². The minimum Gasteiger partial charge on any atom is -0.469 e. The number of aryl methyl sites for hydroxylation is 1. The number of rotatable bonds is 5. The lowest BCUT2D eigenvalue weighted by atomic mass is 9.86. The summed E-state index contributed by atoms with van der Waals surface area (Å²) in [7, 11) is 0. The van der Waals surface area contributed by atoms with E-state index in [0.29, 0.717) is 12.5 Å². The van der Waals surface area contributed by atoms with Crippen LogP contribution < -0.4 is 5.73 Å². The molecule has 3 heteroatoms. The Hall–Kier alpha value is -0.800. The largest absolute Gasteiger partial charge is 0.469 e. The summed E-state index contributed by atoms with van der Waals surface area (Å²) in [4.78, 5) is 0. The fourth-order valence-electron chi connectivity index (χ4n) is 1.90. The van der Waals surface area contributed by atoms with Crippen molar-refractivity contribution in [2.45, 2.75) is 33.3 Å². The molecule has 0 saturated carbocycles. The summed E-state index contributed by atoms with van der Waals surface area (Å²) in [6.07, 6.45) is 1.92. The van der Waals surface area contributed by atoms with Crippen molar-refractivity contribution in [1.82, 2.24) is 0 Å². The molecule has 0 aliphatic carbocycles. The van der Waals surface area contributed by atoms with Gasteiger partial charge in [-0.25, -0.2) is 0 Å². The standard InChI is InChI=1S/C12H21NO2/c1-4-11-9(5-6-15-11)12(14)10(7-13)8(2)3/h5-6,8,10,12,14H,4,7,13H2,1-3H3. The SMILES string of the molecule is CCc1occc1C(O)C(CN)C(C)C. The minimum atomic E-state index is -0.510. The van der Waals surface area contributed by atoms with E-state index in [4.69, 9.17) is 10.2 Å². The second-order valence-electron chi connectivity index (χ2n) is 4.24. The van der Waals surface area contributed by atoms with Gasteiger partial charge in [0.1, 0.15) is 5.76 Å². The van der Waals surface area contributed by atoms with Crippen LogP contribution in [0.5, 0.6) is 0 Å². The van der Waals surface area contributed by atoms with E-state index in [9.17, 15) is 5.11 Å².